The first kappa shape index (κ1) is 16.9. The molecule has 0 bridgehead atoms. The third-order valence-electron chi connectivity index (χ3n) is 4.12. The first-order valence-electron chi connectivity index (χ1n) is 8.11. The molecule has 0 unspecified atom stereocenters. The van der Waals surface area contributed by atoms with E-state index in [1.807, 2.05) is 26.0 Å². The summed E-state index contributed by atoms with van der Waals surface area (Å²) in [6.07, 6.45) is 0.468. The van der Waals surface area contributed by atoms with E-state index in [2.05, 4.69) is 16.4 Å². The molecule has 1 aromatic heterocycles. The van der Waals surface area contributed by atoms with Gasteiger partial charge >= 0.3 is 0 Å². The van der Waals surface area contributed by atoms with Gasteiger partial charge in [-0.1, -0.05) is 12.1 Å². The lowest BCUT2D eigenvalue weighted by molar-refractivity contribution is -0.116. The summed E-state index contributed by atoms with van der Waals surface area (Å²) in [6, 6.07) is 11.6. The highest BCUT2D eigenvalue weighted by Crippen LogP contribution is 2.19. The number of anilines is 1. The molecule has 0 aliphatic carbocycles. The number of aryl methyl sites for hydroxylation is 3. The SMILES string of the molecule is Cc1cc(C)c2cc(CCC(=O)Nc3cccc(F)c3)c(=O)[nH]c2c1. The Hall–Kier alpha value is -2.95. The smallest absolute Gasteiger partial charge is 0.251 e. The van der Waals surface area contributed by atoms with Gasteiger partial charge in [0.2, 0.25) is 5.91 Å². The van der Waals surface area contributed by atoms with Crippen molar-refractivity contribution in [2.45, 2.75) is 26.7 Å². The number of H-pyrrole nitrogens is 1. The van der Waals surface area contributed by atoms with Gasteiger partial charge in [0.25, 0.3) is 5.56 Å². The molecule has 0 radical (unpaired) electrons. The van der Waals surface area contributed by atoms with Crippen LogP contribution in [-0.4, -0.2) is 10.9 Å². The van der Waals surface area contributed by atoms with Gasteiger partial charge in [-0.3, -0.25) is 9.59 Å². The van der Waals surface area contributed by atoms with Crippen LogP contribution >= 0.6 is 0 Å². The van der Waals surface area contributed by atoms with Gasteiger partial charge < -0.3 is 10.3 Å². The third kappa shape index (κ3) is 3.94. The number of fused-ring (bicyclic) bond motifs is 1. The van der Waals surface area contributed by atoms with Crippen molar-refractivity contribution >= 4 is 22.5 Å². The average molecular weight is 338 g/mol. The Bertz CT molecular complexity index is 1010. The maximum absolute atomic E-state index is 13.1. The Morgan fingerprint density at radius 3 is 2.72 bits per heavy atom. The number of aromatic nitrogens is 1. The topological polar surface area (TPSA) is 62.0 Å². The Morgan fingerprint density at radius 2 is 1.96 bits per heavy atom. The molecule has 1 heterocycles. The van der Waals surface area contributed by atoms with Crippen LogP contribution < -0.4 is 10.9 Å². The zero-order chi connectivity index (χ0) is 18.0. The van der Waals surface area contributed by atoms with Gasteiger partial charge in [0.15, 0.2) is 0 Å². The largest absolute Gasteiger partial charge is 0.326 e. The summed E-state index contributed by atoms with van der Waals surface area (Å²) in [5.41, 5.74) is 3.75. The molecule has 3 aromatic rings. The molecule has 128 valence electrons. The lowest BCUT2D eigenvalue weighted by atomic mass is 10.0. The average Bonchev–Trinajstić information content (AvgIpc) is 2.53. The number of carbonyl (C=O) groups excluding carboxylic acids is 1. The van der Waals surface area contributed by atoms with Gasteiger partial charge in [-0.15, -0.1) is 0 Å². The predicted octanol–water partition coefficient (Wildman–Crippen LogP) is 3.86. The van der Waals surface area contributed by atoms with E-state index in [1.165, 1.54) is 18.2 Å². The van der Waals surface area contributed by atoms with Crippen LogP contribution in [0.1, 0.15) is 23.1 Å². The summed E-state index contributed by atoms with van der Waals surface area (Å²) >= 11 is 0. The summed E-state index contributed by atoms with van der Waals surface area (Å²) in [7, 11) is 0. The van der Waals surface area contributed by atoms with Gasteiger partial charge in [0.05, 0.1) is 0 Å². The van der Waals surface area contributed by atoms with Crippen molar-refractivity contribution in [1.29, 1.82) is 0 Å². The molecule has 2 N–H and O–H groups in total. The normalized spacial score (nSPS) is 10.8. The summed E-state index contributed by atoms with van der Waals surface area (Å²) in [4.78, 5) is 27.2. The van der Waals surface area contributed by atoms with Gasteiger partial charge in [0.1, 0.15) is 5.82 Å². The fraction of sp³-hybridized carbons (Fsp3) is 0.200. The minimum absolute atomic E-state index is 0.149. The fourth-order valence-corrected chi connectivity index (χ4v) is 2.94. The molecular formula is C20H19FN2O2. The standard InChI is InChI=1S/C20H19FN2O2/c1-12-8-13(2)17-10-14(20(25)23-18(17)9-12)6-7-19(24)22-16-5-3-4-15(21)11-16/h3-5,8-11H,6-7H2,1-2H3,(H,22,24)(H,23,25). The van der Waals surface area contributed by atoms with Crippen molar-refractivity contribution < 1.29 is 9.18 Å². The minimum atomic E-state index is -0.408. The van der Waals surface area contributed by atoms with Crippen molar-refractivity contribution in [3.05, 3.63) is 75.3 Å². The Morgan fingerprint density at radius 1 is 1.16 bits per heavy atom. The van der Waals surface area contributed by atoms with E-state index in [4.69, 9.17) is 0 Å². The van der Waals surface area contributed by atoms with Crippen LogP contribution in [0.2, 0.25) is 0 Å². The highest BCUT2D eigenvalue weighted by atomic mass is 19.1. The second-order valence-corrected chi connectivity index (χ2v) is 6.23. The van der Waals surface area contributed by atoms with E-state index in [9.17, 15) is 14.0 Å². The lowest BCUT2D eigenvalue weighted by Crippen LogP contribution is -2.17. The van der Waals surface area contributed by atoms with Gasteiger partial charge in [-0.25, -0.2) is 4.39 Å². The maximum atomic E-state index is 13.1. The number of pyridine rings is 1. The third-order valence-corrected chi connectivity index (χ3v) is 4.12. The monoisotopic (exact) mass is 338 g/mol. The molecule has 0 saturated heterocycles. The van der Waals surface area contributed by atoms with Crippen molar-refractivity contribution in [3.8, 4) is 0 Å². The van der Waals surface area contributed by atoms with Crippen LogP contribution in [0.15, 0.2) is 47.3 Å². The zero-order valence-electron chi connectivity index (χ0n) is 14.2. The molecule has 25 heavy (non-hydrogen) atoms. The van der Waals surface area contributed by atoms with Gasteiger partial charge in [-0.05, 0) is 61.7 Å². The van der Waals surface area contributed by atoms with E-state index in [-0.39, 0.29) is 17.9 Å². The number of hydrogen-bond donors (Lipinski definition) is 2. The molecule has 0 atom stereocenters. The number of benzene rings is 2. The summed E-state index contributed by atoms with van der Waals surface area (Å²) in [5, 5.41) is 3.61. The van der Waals surface area contributed by atoms with E-state index in [0.717, 1.165) is 22.0 Å². The van der Waals surface area contributed by atoms with E-state index in [1.54, 1.807) is 6.07 Å². The lowest BCUT2D eigenvalue weighted by Gasteiger charge is -2.08. The molecule has 0 aliphatic heterocycles. The zero-order valence-corrected chi connectivity index (χ0v) is 14.2. The summed E-state index contributed by atoms with van der Waals surface area (Å²) < 4.78 is 13.1. The molecule has 4 nitrogen and oxygen atoms in total. The number of carbonyl (C=O) groups is 1. The number of aromatic amines is 1. The van der Waals surface area contributed by atoms with Crippen LogP contribution in [0.25, 0.3) is 10.9 Å². The fourth-order valence-electron chi connectivity index (χ4n) is 2.94. The van der Waals surface area contributed by atoms with Crippen LogP contribution in [0.3, 0.4) is 0 Å². The second-order valence-electron chi connectivity index (χ2n) is 6.23. The molecule has 0 spiro atoms. The Kier molecular flexibility index (Phi) is 4.65. The number of amides is 1. The highest BCUT2D eigenvalue weighted by molar-refractivity contribution is 5.91. The molecule has 1 amide bonds. The van der Waals surface area contributed by atoms with Crippen molar-refractivity contribution in [2.24, 2.45) is 0 Å². The summed E-state index contributed by atoms with van der Waals surface area (Å²) in [6.45, 7) is 3.98. The predicted molar refractivity (Wildman–Crippen MR) is 97.4 cm³/mol. The van der Waals surface area contributed by atoms with Crippen molar-refractivity contribution in [1.82, 2.24) is 4.98 Å². The van der Waals surface area contributed by atoms with Crippen LogP contribution in [0.5, 0.6) is 0 Å². The molecule has 3 rings (SSSR count). The molecule has 0 saturated carbocycles. The van der Waals surface area contributed by atoms with E-state index < -0.39 is 5.82 Å². The Labute approximate surface area is 144 Å². The van der Waals surface area contributed by atoms with Crippen LogP contribution in [0.4, 0.5) is 10.1 Å². The van der Waals surface area contributed by atoms with Crippen molar-refractivity contribution in [3.63, 3.8) is 0 Å². The quantitative estimate of drug-likeness (QED) is 0.759. The highest BCUT2D eigenvalue weighted by Gasteiger charge is 2.09. The van der Waals surface area contributed by atoms with Crippen molar-refractivity contribution in [2.75, 3.05) is 5.32 Å². The number of halogens is 1. The van der Waals surface area contributed by atoms with E-state index in [0.29, 0.717) is 17.7 Å². The Balaban J connectivity index is 1.75. The minimum Gasteiger partial charge on any atom is -0.326 e. The number of rotatable bonds is 4. The van der Waals surface area contributed by atoms with Crippen LogP contribution in [-0.2, 0) is 11.2 Å². The first-order valence-corrected chi connectivity index (χ1v) is 8.11. The molecule has 5 heteroatoms. The van der Waals surface area contributed by atoms with E-state index >= 15 is 0 Å². The number of hydrogen-bond acceptors (Lipinski definition) is 2. The maximum Gasteiger partial charge on any atom is 0.251 e. The molecule has 0 fully saturated rings. The molecular weight excluding hydrogens is 319 g/mol. The molecule has 0 aliphatic rings. The van der Waals surface area contributed by atoms with Gasteiger partial charge in [0, 0.05) is 28.6 Å². The first-order chi connectivity index (χ1) is 11.9. The number of nitrogens with one attached hydrogen (secondary N) is 2. The molecule has 2 aromatic carbocycles. The second kappa shape index (κ2) is 6.89. The van der Waals surface area contributed by atoms with Crippen LogP contribution in [0, 0.1) is 19.7 Å². The van der Waals surface area contributed by atoms with Gasteiger partial charge in [-0.2, -0.15) is 0 Å². The summed E-state index contributed by atoms with van der Waals surface area (Å²) in [5.74, 6) is -0.666.